The summed E-state index contributed by atoms with van der Waals surface area (Å²) in [5, 5.41) is 17.3. The van der Waals surface area contributed by atoms with E-state index in [1.54, 1.807) is 0 Å². The number of amides is 1. The highest BCUT2D eigenvalue weighted by atomic mass is 35.5. The van der Waals surface area contributed by atoms with Gasteiger partial charge in [0.1, 0.15) is 0 Å². The summed E-state index contributed by atoms with van der Waals surface area (Å²) in [7, 11) is 0. The summed E-state index contributed by atoms with van der Waals surface area (Å²) in [5.41, 5.74) is -3.45. The van der Waals surface area contributed by atoms with Crippen molar-refractivity contribution < 1.29 is 36.2 Å². The van der Waals surface area contributed by atoms with Crippen molar-refractivity contribution in [3.05, 3.63) is 69.5 Å². The Labute approximate surface area is 174 Å². The van der Waals surface area contributed by atoms with E-state index >= 15 is 0 Å². The highest BCUT2D eigenvalue weighted by molar-refractivity contribution is 6.44. The average Bonchev–Trinajstić information content (AvgIpc) is 2.64. The third-order valence-corrected chi connectivity index (χ3v) is 4.17. The SMILES string of the molecule is O=C(Nc1cccc(Cl)c1Cl)C(N=Nc1cccc(C(F)(F)F)c1)=C(O)C(F)(F)F. The van der Waals surface area contributed by atoms with Crippen molar-refractivity contribution >= 4 is 40.5 Å². The van der Waals surface area contributed by atoms with Crippen molar-refractivity contribution in [3.63, 3.8) is 0 Å². The Balaban J connectivity index is 2.44. The van der Waals surface area contributed by atoms with Crippen LogP contribution >= 0.6 is 23.2 Å². The number of azo groups is 1. The van der Waals surface area contributed by atoms with Gasteiger partial charge in [-0.2, -0.15) is 31.5 Å². The number of halogens is 8. The quantitative estimate of drug-likeness (QED) is 0.216. The highest BCUT2D eigenvalue weighted by Gasteiger charge is 2.39. The van der Waals surface area contributed by atoms with E-state index in [2.05, 4.69) is 10.2 Å². The van der Waals surface area contributed by atoms with Crippen LogP contribution < -0.4 is 5.32 Å². The van der Waals surface area contributed by atoms with E-state index < -0.39 is 41.0 Å². The molecule has 2 rings (SSSR count). The summed E-state index contributed by atoms with van der Waals surface area (Å²) in [6.45, 7) is 0. The summed E-state index contributed by atoms with van der Waals surface area (Å²) in [6.07, 6.45) is -10.1. The van der Waals surface area contributed by atoms with Gasteiger partial charge in [-0.15, -0.1) is 5.11 Å². The number of hydrogen-bond acceptors (Lipinski definition) is 4. The zero-order valence-corrected chi connectivity index (χ0v) is 15.8. The average molecular weight is 472 g/mol. The molecule has 0 aromatic heterocycles. The maximum atomic E-state index is 12.9. The van der Waals surface area contributed by atoms with Gasteiger partial charge in [0.25, 0.3) is 5.91 Å². The van der Waals surface area contributed by atoms with Crippen LogP contribution in [0.2, 0.25) is 10.0 Å². The summed E-state index contributed by atoms with van der Waals surface area (Å²) in [5.74, 6) is -3.99. The molecule has 0 aliphatic carbocycles. The largest absolute Gasteiger partial charge is 0.503 e. The smallest absolute Gasteiger partial charge is 0.451 e. The van der Waals surface area contributed by atoms with Gasteiger partial charge in [0, 0.05) is 0 Å². The Morgan fingerprint density at radius 2 is 1.63 bits per heavy atom. The number of allylic oxidation sites excluding steroid dienone is 1. The molecule has 2 aromatic carbocycles. The van der Waals surface area contributed by atoms with Crippen LogP contribution in [-0.4, -0.2) is 17.2 Å². The van der Waals surface area contributed by atoms with Crippen LogP contribution in [0.15, 0.2) is 64.1 Å². The Bertz CT molecular complexity index is 1020. The molecule has 2 aromatic rings. The number of alkyl halides is 6. The summed E-state index contributed by atoms with van der Waals surface area (Å²) < 4.78 is 76.9. The molecule has 0 aliphatic rings. The Hall–Kier alpha value is -2.79. The van der Waals surface area contributed by atoms with Crippen LogP contribution in [0.1, 0.15) is 5.56 Å². The lowest BCUT2D eigenvalue weighted by Gasteiger charge is -2.11. The molecule has 0 bridgehead atoms. The van der Waals surface area contributed by atoms with Gasteiger partial charge in [0.2, 0.25) is 5.76 Å². The lowest BCUT2D eigenvalue weighted by Crippen LogP contribution is -2.21. The fraction of sp³-hybridized carbons (Fsp3) is 0.118. The number of anilines is 1. The normalized spacial score (nSPS) is 13.3. The van der Waals surface area contributed by atoms with E-state index in [1.165, 1.54) is 18.2 Å². The summed E-state index contributed by atoms with van der Waals surface area (Å²) in [6, 6.07) is 7.03. The van der Waals surface area contributed by atoms with E-state index in [9.17, 15) is 36.2 Å². The third kappa shape index (κ3) is 5.86. The molecular weight excluding hydrogens is 463 g/mol. The predicted molar refractivity (Wildman–Crippen MR) is 96.8 cm³/mol. The van der Waals surface area contributed by atoms with Crippen LogP contribution in [0, 0.1) is 0 Å². The Morgan fingerprint density at radius 3 is 2.23 bits per heavy atom. The van der Waals surface area contributed by atoms with Crippen molar-refractivity contribution in [1.82, 2.24) is 0 Å². The standard InChI is InChI=1S/C17H9Cl2F6N3O2/c18-10-5-2-6-11(12(10)19)26-15(30)13(14(29)17(23,24)25)28-27-9-4-1-3-8(7-9)16(20,21)22/h1-7,29H,(H,26,30). The molecule has 13 heteroatoms. The first kappa shape index (κ1) is 23.5. The Kier molecular flexibility index (Phi) is 6.99. The van der Waals surface area contributed by atoms with Crippen molar-refractivity contribution in [3.8, 4) is 0 Å². The fourth-order valence-electron chi connectivity index (χ4n) is 1.97. The number of carbonyl (C=O) groups excluding carboxylic acids is 1. The molecule has 0 saturated carbocycles. The zero-order valence-electron chi connectivity index (χ0n) is 14.3. The van der Waals surface area contributed by atoms with Crippen molar-refractivity contribution in [1.29, 1.82) is 0 Å². The lowest BCUT2D eigenvalue weighted by molar-refractivity contribution is -0.137. The molecule has 30 heavy (non-hydrogen) atoms. The van der Waals surface area contributed by atoms with Crippen molar-refractivity contribution in [2.45, 2.75) is 12.4 Å². The Morgan fingerprint density at radius 1 is 1.00 bits per heavy atom. The number of hydrogen-bond donors (Lipinski definition) is 2. The molecule has 160 valence electrons. The number of nitrogens with one attached hydrogen (secondary N) is 1. The molecule has 0 atom stereocenters. The second-order valence-electron chi connectivity index (χ2n) is 5.50. The fourth-order valence-corrected chi connectivity index (χ4v) is 2.32. The number of aliphatic hydroxyl groups is 1. The van der Waals surface area contributed by atoms with E-state index in [0.29, 0.717) is 12.1 Å². The number of rotatable bonds is 4. The summed E-state index contributed by atoms with van der Waals surface area (Å²) in [4.78, 5) is 12.2. The second-order valence-corrected chi connectivity index (χ2v) is 6.28. The number of nitrogens with zero attached hydrogens (tertiary/aromatic N) is 2. The van der Waals surface area contributed by atoms with Gasteiger partial charge in [0.05, 0.1) is 27.0 Å². The van der Waals surface area contributed by atoms with E-state index in [-0.39, 0.29) is 15.7 Å². The van der Waals surface area contributed by atoms with Gasteiger partial charge in [-0.3, -0.25) is 4.79 Å². The van der Waals surface area contributed by atoms with Crippen molar-refractivity contribution in [2.75, 3.05) is 5.32 Å². The van der Waals surface area contributed by atoms with Gasteiger partial charge < -0.3 is 10.4 Å². The maximum absolute atomic E-state index is 12.9. The molecule has 0 radical (unpaired) electrons. The molecule has 1 amide bonds. The minimum absolute atomic E-state index is 0.0226. The van der Waals surface area contributed by atoms with Gasteiger partial charge in [-0.25, -0.2) is 0 Å². The topological polar surface area (TPSA) is 74.0 Å². The monoisotopic (exact) mass is 471 g/mol. The summed E-state index contributed by atoms with van der Waals surface area (Å²) >= 11 is 11.6. The van der Waals surface area contributed by atoms with Gasteiger partial charge in [-0.05, 0) is 30.3 Å². The van der Waals surface area contributed by atoms with Gasteiger partial charge >= 0.3 is 12.4 Å². The first-order valence-electron chi connectivity index (χ1n) is 7.65. The molecule has 0 aliphatic heterocycles. The van der Waals surface area contributed by atoms with Crippen LogP contribution in [0.3, 0.4) is 0 Å². The maximum Gasteiger partial charge on any atom is 0.451 e. The third-order valence-electron chi connectivity index (χ3n) is 3.35. The second kappa shape index (κ2) is 8.92. The molecule has 0 heterocycles. The predicted octanol–water partition coefficient (Wildman–Crippen LogP) is 7.07. The van der Waals surface area contributed by atoms with E-state index in [4.69, 9.17) is 23.2 Å². The minimum Gasteiger partial charge on any atom is -0.503 e. The highest BCUT2D eigenvalue weighted by Crippen LogP contribution is 2.33. The number of carbonyl (C=O) groups is 1. The van der Waals surface area contributed by atoms with Crippen LogP contribution in [0.4, 0.5) is 37.7 Å². The number of aliphatic hydroxyl groups excluding tert-OH is 1. The lowest BCUT2D eigenvalue weighted by atomic mass is 10.2. The van der Waals surface area contributed by atoms with Gasteiger partial charge in [0.15, 0.2) is 5.70 Å². The molecule has 5 nitrogen and oxygen atoms in total. The zero-order chi connectivity index (χ0) is 22.7. The molecule has 2 N–H and O–H groups in total. The van der Waals surface area contributed by atoms with Crippen LogP contribution in [-0.2, 0) is 11.0 Å². The van der Waals surface area contributed by atoms with Crippen LogP contribution in [0.25, 0.3) is 0 Å². The van der Waals surface area contributed by atoms with Crippen LogP contribution in [0.5, 0.6) is 0 Å². The first-order valence-corrected chi connectivity index (χ1v) is 8.41. The van der Waals surface area contributed by atoms with E-state index in [0.717, 1.165) is 12.1 Å². The molecule has 0 spiro atoms. The number of benzene rings is 2. The van der Waals surface area contributed by atoms with E-state index in [1.807, 2.05) is 5.32 Å². The molecule has 0 fully saturated rings. The molecule has 0 saturated heterocycles. The van der Waals surface area contributed by atoms with Crippen molar-refractivity contribution in [2.24, 2.45) is 10.2 Å². The van der Waals surface area contributed by atoms with Gasteiger partial charge in [-0.1, -0.05) is 35.3 Å². The molecular formula is C17H9Cl2F6N3O2. The minimum atomic E-state index is -5.39. The molecule has 0 unspecified atom stereocenters. The first-order chi connectivity index (χ1) is 13.8.